The molecule has 3 heteroatoms. The molecule has 0 fully saturated rings. The first-order valence-corrected chi connectivity index (χ1v) is 8.78. The fourth-order valence-corrected chi connectivity index (χ4v) is 2.25. The van der Waals surface area contributed by atoms with E-state index in [9.17, 15) is 4.79 Å². The molecule has 0 aromatic carbocycles. The van der Waals surface area contributed by atoms with Gasteiger partial charge < -0.3 is 9.64 Å². The van der Waals surface area contributed by atoms with Crippen LogP contribution in [0.25, 0.3) is 0 Å². The van der Waals surface area contributed by atoms with E-state index in [1.165, 1.54) is 38.5 Å². The van der Waals surface area contributed by atoms with Crippen molar-refractivity contribution in [3.8, 4) is 0 Å². The maximum absolute atomic E-state index is 12.0. The first-order chi connectivity index (χ1) is 10.2. The van der Waals surface area contributed by atoms with E-state index in [0.29, 0.717) is 12.3 Å². The Kier molecular flexibility index (Phi) is 13.3. The topological polar surface area (TPSA) is 29.5 Å². The zero-order chi connectivity index (χ0) is 15.9. The van der Waals surface area contributed by atoms with Gasteiger partial charge in [-0.3, -0.25) is 0 Å². The van der Waals surface area contributed by atoms with Gasteiger partial charge in [0.25, 0.3) is 0 Å². The Labute approximate surface area is 131 Å². The van der Waals surface area contributed by atoms with E-state index in [1.807, 2.05) is 6.92 Å². The third kappa shape index (κ3) is 10.4. The number of unbranched alkanes of at least 4 members (excludes halogenated alkanes) is 6. The number of ether oxygens (including phenoxy) is 1. The molecule has 0 atom stereocenters. The van der Waals surface area contributed by atoms with Crippen LogP contribution in [0.5, 0.6) is 0 Å². The van der Waals surface area contributed by atoms with Crippen LogP contribution >= 0.6 is 0 Å². The van der Waals surface area contributed by atoms with E-state index in [0.717, 1.165) is 32.4 Å². The number of carbonyl (C=O) groups excluding carboxylic acids is 1. The van der Waals surface area contributed by atoms with Crippen molar-refractivity contribution in [1.29, 1.82) is 0 Å². The summed E-state index contributed by atoms with van der Waals surface area (Å²) in [6.07, 6.45) is 10.5. The summed E-state index contributed by atoms with van der Waals surface area (Å²) < 4.78 is 5.21. The van der Waals surface area contributed by atoms with Gasteiger partial charge in [-0.25, -0.2) is 4.79 Å². The molecule has 0 heterocycles. The Hall–Kier alpha value is -0.990. The van der Waals surface area contributed by atoms with E-state index in [1.54, 1.807) is 0 Å². The average Bonchev–Trinajstić information content (AvgIpc) is 2.50. The molecule has 0 N–H and O–H groups in total. The SMILES string of the molecule is C=C(C(=O)OCCC)N(CCCCCC)CCCCCC. The Morgan fingerprint density at radius 1 is 0.857 bits per heavy atom. The van der Waals surface area contributed by atoms with Gasteiger partial charge in [0.05, 0.1) is 6.61 Å². The average molecular weight is 297 g/mol. The Bertz CT molecular complexity index is 264. The van der Waals surface area contributed by atoms with Crippen LogP contribution in [0.4, 0.5) is 0 Å². The second kappa shape index (κ2) is 14.0. The van der Waals surface area contributed by atoms with Crippen LogP contribution < -0.4 is 0 Å². The van der Waals surface area contributed by atoms with Crippen molar-refractivity contribution >= 4 is 5.97 Å². The lowest BCUT2D eigenvalue weighted by molar-refractivity contribution is -0.140. The number of esters is 1. The fraction of sp³-hybridized carbons (Fsp3) is 0.833. The molecule has 0 aliphatic rings. The third-order valence-corrected chi connectivity index (χ3v) is 3.62. The largest absolute Gasteiger partial charge is 0.461 e. The molecule has 0 amide bonds. The Morgan fingerprint density at radius 2 is 1.38 bits per heavy atom. The lowest BCUT2D eigenvalue weighted by atomic mass is 10.1. The summed E-state index contributed by atoms with van der Waals surface area (Å²) >= 11 is 0. The van der Waals surface area contributed by atoms with Crippen LogP contribution in [0.1, 0.15) is 78.6 Å². The molecule has 0 saturated carbocycles. The van der Waals surface area contributed by atoms with E-state index in [-0.39, 0.29) is 5.97 Å². The molecular formula is C18H35NO2. The van der Waals surface area contributed by atoms with Crippen molar-refractivity contribution in [2.24, 2.45) is 0 Å². The first kappa shape index (κ1) is 20.0. The summed E-state index contributed by atoms with van der Waals surface area (Å²) in [5.41, 5.74) is 0.538. The highest BCUT2D eigenvalue weighted by atomic mass is 16.5. The second-order valence-electron chi connectivity index (χ2n) is 5.69. The number of carbonyl (C=O) groups is 1. The van der Waals surface area contributed by atoms with E-state index < -0.39 is 0 Å². The molecule has 0 saturated heterocycles. The molecule has 0 aliphatic carbocycles. The zero-order valence-corrected chi connectivity index (χ0v) is 14.5. The lowest BCUT2D eigenvalue weighted by Gasteiger charge is -2.25. The quantitative estimate of drug-likeness (QED) is 0.259. The molecule has 0 spiro atoms. The summed E-state index contributed by atoms with van der Waals surface area (Å²) in [5.74, 6) is -0.247. The van der Waals surface area contributed by atoms with Crippen molar-refractivity contribution in [2.45, 2.75) is 78.6 Å². The number of hydrogen-bond acceptors (Lipinski definition) is 3. The predicted molar refractivity (Wildman–Crippen MR) is 90.2 cm³/mol. The highest BCUT2D eigenvalue weighted by Crippen LogP contribution is 2.11. The van der Waals surface area contributed by atoms with Gasteiger partial charge in [0.1, 0.15) is 5.70 Å². The Balaban J connectivity index is 4.25. The van der Waals surface area contributed by atoms with Gasteiger partial charge in [-0.1, -0.05) is 65.9 Å². The maximum Gasteiger partial charge on any atom is 0.353 e. The lowest BCUT2D eigenvalue weighted by Crippen LogP contribution is -2.30. The summed E-state index contributed by atoms with van der Waals surface area (Å²) in [5, 5.41) is 0. The van der Waals surface area contributed by atoms with Crippen LogP contribution in [-0.2, 0) is 9.53 Å². The summed E-state index contributed by atoms with van der Waals surface area (Å²) in [6.45, 7) is 12.7. The highest BCUT2D eigenvalue weighted by molar-refractivity contribution is 5.87. The Morgan fingerprint density at radius 3 is 1.81 bits per heavy atom. The van der Waals surface area contributed by atoms with Crippen molar-refractivity contribution in [3.05, 3.63) is 12.3 Å². The summed E-state index contributed by atoms with van der Waals surface area (Å²) in [4.78, 5) is 14.1. The second-order valence-corrected chi connectivity index (χ2v) is 5.69. The minimum absolute atomic E-state index is 0.247. The molecule has 0 aromatic heterocycles. The molecule has 0 rings (SSSR count). The monoisotopic (exact) mass is 297 g/mol. The van der Waals surface area contributed by atoms with Crippen LogP contribution in [0, 0.1) is 0 Å². The molecule has 0 unspecified atom stereocenters. The summed E-state index contributed by atoms with van der Waals surface area (Å²) in [7, 11) is 0. The minimum Gasteiger partial charge on any atom is -0.461 e. The van der Waals surface area contributed by atoms with Crippen molar-refractivity contribution in [2.75, 3.05) is 19.7 Å². The van der Waals surface area contributed by atoms with Crippen molar-refractivity contribution in [3.63, 3.8) is 0 Å². The van der Waals surface area contributed by atoms with Crippen LogP contribution in [0.3, 0.4) is 0 Å². The normalized spacial score (nSPS) is 10.4. The van der Waals surface area contributed by atoms with Crippen molar-refractivity contribution < 1.29 is 9.53 Å². The van der Waals surface area contributed by atoms with Gasteiger partial charge in [0.2, 0.25) is 0 Å². The summed E-state index contributed by atoms with van der Waals surface area (Å²) in [6, 6.07) is 0. The smallest absolute Gasteiger partial charge is 0.353 e. The zero-order valence-electron chi connectivity index (χ0n) is 14.5. The minimum atomic E-state index is -0.247. The molecule has 0 bridgehead atoms. The van der Waals surface area contributed by atoms with E-state index in [4.69, 9.17) is 4.74 Å². The molecule has 0 aliphatic heterocycles. The van der Waals surface area contributed by atoms with Gasteiger partial charge in [0.15, 0.2) is 0 Å². The van der Waals surface area contributed by atoms with Crippen LogP contribution in [0.15, 0.2) is 12.3 Å². The van der Waals surface area contributed by atoms with Gasteiger partial charge in [0, 0.05) is 13.1 Å². The van der Waals surface area contributed by atoms with Crippen LogP contribution in [0.2, 0.25) is 0 Å². The first-order valence-electron chi connectivity index (χ1n) is 8.78. The third-order valence-electron chi connectivity index (χ3n) is 3.62. The van der Waals surface area contributed by atoms with E-state index in [2.05, 4.69) is 25.3 Å². The molecule has 21 heavy (non-hydrogen) atoms. The van der Waals surface area contributed by atoms with Crippen molar-refractivity contribution in [1.82, 2.24) is 4.90 Å². The number of nitrogens with zero attached hydrogens (tertiary/aromatic N) is 1. The molecule has 124 valence electrons. The fourth-order valence-electron chi connectivity index (χ4n) is 2.25. The van der Waals surface area contributed by atoms with Gasteiger partial charge >= 0.3 is 5.97 Å². The van der Waals surface area contributed by atoms with Crippen LogP contribution in [-0.4, -0.2) is 30.6 Å². The molecule has 0 radical (unpaired) electrons. The highest BCUT2D eigenvalue weighted by Gasteiger charge is 2.15. The standard InChI is InChI=1S/C18H35NO2/c1-5-8-10-12-14-19(15-13-11-9-6-2)17(4)18(20)21-16-7-3/h4-16H2,1-3H3. The molecular weight excluding hydrogens is 262 g/mol. The predicted octanol–water partition coefficient (Wildman–Crippen LogP) is 4.92. The maximum atomic E-state index is 12.0. The van der Waals surface area contributed by atoms with Gasteiger partial charge in [-0.15, -0.1) is 0 Å². The number of hydrogen-bond donors (Lipinski definition) is 0. The molecule has 3 nitrogen and oxygen atoms in total. The number of rotatable bonds is 14. The molecule has 0 aromatic rings. The van der Waals surface area contributed by atoms with Gasteiger partial charge in [-0.2, -0.15) is 0 Å². The van der Waals surface area contributed by atoms with Gasteiger partial charge in [-0.05, 0) is 19.3 Å². The van der Waals surface area contributed by atoms with E-state index >= 15 is 0 Å².